The molecule has 1 aliphatic heterocycles. The minimum atomic E-state index is -0.195. The van der Waals surface area contributed by atoms with Crippen LogP contribution in [0.5, 0.6) is 11.5 Å². The fourth-order valence-electron chi connectivity index (χ4n) is 3.20. The average molecular weight is 344 g/mol. The van der Waals surface area contributed by atoms with Gasteiger partial charge in [0.25, 0.3) is 0 Å². The summed E-state index contributed by atoms with van der Waals surface area (Å²) in [6.45, 7) is 0. The molecule has 1 heterocycles. The summed E-state index contributed by atoms with van der Waals surface area (Å²) in [4.78, 5) is 5.00. The van der Waals surface area contributed by atoms with E-state index in [0.717, 1.165) is 28.1 Å². The lowest BCUT2D eigenvalue weighted by Crippen LogP contribution is -2.20. The van der Waals surface area contributed by atoms with E-state index < -0.39 is 0 Å². The normalized spacial score (nSPS) is 15.5. The van der Waals surface area contributed by atoms with Crippen LogP contribution in [0.1, 0.15) is 22.9 Å². The Hall–Kier alpha value is -3.27. The number of para-hydroxylation sites is 1. The quantitative estimate of drug-likeness (QED) is 0.748. The van der Waals surface area contributed by atoms with E-state index in [9.17, 15) is 0 Å². The van der Waals surface area contributed by atoms with E-state index in [2.05, 4.69) is 29.6 Å². The summed E-state index contributed by atoms with van der Waals surface area (Å²) in [5.74, 6) is 1.40. The molecule has 0 bridgehead atoms. The van der Waals surface area contributed by atoms with E-state index >= 15 is 0 Å². The molecular weight excluding hydrogens is 324 g/mol. The van der Waals surface area contributed by atoms with E-state index in [1.807, 2.05) is 48.5 Å². The Morgan fingerprint density at radius 3 is 2.31 bits per heavy atom. The largest absolute Gasteiger partial charge is 0.493 e. The van der Waals surface area contributed by atoms with Crippen molar-refractivity contribution in [2.24, 2.45) is 4.99 Å². The van der Waals surface area contributed by atoms with Gasteiger partial charge in [0.15, 0.2) is 11.5 Å². The van der Waals surface area contributed by atoms with Crippen LogP contribution in [-0.2, 0) is 0 Å². The summed E-state index contributed by atoms with van der Waals surface area (Å²) < 4.78 is 10.8. The topological polar surface area (TPSA) is 42.8 Å². The fourth-order valence-corrected chi connectivity index (χ4v) is 3.20. The molecule has 130 valence electrons. The molecule has 1 N–H and O–H groups in total. The Labute approximate surface area is 153 Å². The minimum Gasteiger partial charge on any atom is -0.493 e. The highest BCUT2D eigenvalue weighted by atomic mass is 16.5. The summed E-state index contributed by atoms with van der Waals surface area (Å²) in [6.07, 6.45) is -0.195. The van der Waals surface area contributed by atoms with Crippen molar-refractivity contribution in [3.63, 3.8) is 0 Å². The predicted molar refractivity (Wildman–Crippen MR) is 104 cm³/mol. The van der Waals surface area contributed by atoms with E-state index in [-0.39, 0.29) is 6.17 Å². The number of hydrogen-bond acceptors (Lipinski definition) is 4. The van der Waals surface area contributed by atoms with Crippen molar-refractivity contribution in [1.29, 1.82) is 0 Å². The Balaban J connectivity index is 1.81. The molecule has 4 heteroatoms. The van der Waals surface area contributed by atoms with Crippen LogP contribution in [0.15, 0.2) is 77.8 Å². The van der Waals surface area contributed by atoms with Gasteiger partial charge in [0, 0.05) is 22.4 Å². The summed E-state index contributed by atoms with van der Waals surface area (Å²) in [5, 5.41) is 3.52. The zero-order chi connectivity index (χ0) is 17.9. The molecule has 1 unspecified atom stereocenters. The lowest BCUT2D eigenvalue weighted by molar-refractivity contribution is 0.354. The number of rotatable bonds is 4. The molecule has 0 radical (unpaired) electrons. The first kappa shape index (κ1) is 16.2. The van der Waals surface area contributed by atoms with E-state index in [1.54, 1.807) is 14.2 Å². The Morgan fingerprint density at radius 1 is 0.808 bits per heavy atom. The monoisotopic (exact) mass is 344 g/mol. The second kappa shape index (κ2) is 6.92. The summed E-state index contributed by atoms with van der Waals surface area (Å²) in [5.41, 5.74) is 5.29. The first-order valence-electron chi connectivity index (χ1n) is 8.51. The second-order valence-electron chi connectivity index (χ2n) is 6.05. The first-order valence-corrected chi connectivity index (χ1v) is 8.51. The predicted octanol–water partition coefficient (Wildman–Crippen LogP) is 4.67. The highest BCUT2D eigenvalue weighted by Crippen LogP contribution is 2.35. The molecule has 4 nitrogen and oxygen atoms in total. The van der Waals surface area contributed by atoms with Gasteiger partial charge in [0.05, 0.1) is 19.9 Å². The van der Waals surface area contributed by atoms with Crippen LogP contribution in [0.2, 0.25) is 0 Å². The number of aliphatic imine (C=N–C) groups is 1. The maximum absolute atomic E-state index is 5.45. The van der Waals surface area contributed by atoms with Crippen molar-refractivity contribution in [2.75, 3.05) is 19.5 Å². The van der Waals surface area contributed by atoms with Gasteiger partial charge in [0.1, 0.15) is 6.17 Å². The van der Waals surface area contributed by atoms with Gasteiger partial charge >= 0.3 is 0 Å². The van der Waals surface area contributed by atoms with Crippen LogP contribution >= 0.6 is 0 Å². The van der Waals surface area contributed by atoms with E-state index in [1.165, 1.54) is 0 Å². The molecule has 0 aromatic heterocycles. The van der Waals surface area contributed by atoms with Crippen LogP contribution in [0, 0.1) is 0 Å². The van der Waals surface area contributed by atoms with Gasteiger partial charge in [-0.2, -0.15) is 0 Å². The molecule has 0 spiro atoms. The molecule has 1 atom stereocenters. The van der Waals surface area contributed by atoms with Crippen LogP contribution in [0.4, 0.5) is 5.69 Å². The number of nitrogens with zero attached hydrogens (tertiary/aromatic N) is 1. The molecule has 0 saturated carbocycles. The van der Waals surface area contributed by atoms with Gasteiger partial charge in [-0.05, 0) is 18.2 Å². The molecular formula is C22H20N2O2. The van der Waals surface area contributed by atoms with Crippen molar-refractivity contribution in [1.82, 2.24) is 0 Å². The van der Waals surface area contributed by atoms with Crippen molar-refractivity contribution < 1.29 is 9.47 Å². The smallest absolute Gasteiger partial charge is 0.161 e. The molecule has 1 aliphatic rings. The van der Waals surface area contributed by atoms with Crippen molar-refractivity contribution in [2.45, 2.75) is 6.17 Å². The van der Waals surface area contributed by atoms with Crippen molar-refractivity contribution >= 4 is 11.4 Å². The molecule has 3 aromatic rings. The minimum absolute atomic E-state index is 0.195. The number of anilines is 1. The van der Waals surface area contributed by atoms with Crippen LogP contribution in [0.3, 0.4) is 0 Å². The van der Waals surface area contributed by atoms with E-state index in [0.29, 0.717) is 11.5 Å². The zero-order valence-corrected chi connectivity index (χ0v) is 14.8. The summed E-state index contributed by atoms with van der Waals surface area (Å²) >= 11 is 0. The maximum atomic E-state index is 5.45. The highest BCUT2D eigenvalue weighted by molar-refractivity contribution is 6.16. The Bertz CT molecular complexity index is 951. The Kier molecular flexibility index (Phi) is 4.32. The molecule has 3 aromatic carbocycles. The fraction of sp³-hybridized carbons (Fsp3) is 0.136. The van der Waals surface area contributed by atoms with Crippen LogP contribution in [0.25, 0.3) is 0 Å². The molecule has 0 saturated heterocycles. The highest BCUT2D eigenvalue weighted by Gasteiger charge is 2.23. The SMILES string of the molecule is COc1ccc(C2N=C(c3ccccc3)c3ccccc3N2)cc1OC. The molecule has 0 aliphatic carbocycles. The maximum Gasteiger partial charge on any atom is 0.161 e. The lowest BCUT2D eigenvalue weighted by Gasteiger charge is -2.26. The van der Waals surface area contributed by atoms with Gasteiger partial charge in [-0.1, -0.05) is 54.6 Å². The van der Waals surface area contributed by atoms with Crippen molar-refractivity contribution in [3.8, 4) is 11.5 Å². The molecule has 26 heavy (non-hydrogen) atoms. The molecule has 0 amide bonds. The zero-order valence-electron chi connectivity index (χ0n) is 14.8. The van der Waals surface area contributed by atoms with Crippen molar-refractivity contribution in [3.05, 3.63) is 89.5 Å². The first-order chi connectivity index (χ1) is 12.8. The second-order valence-corrected chi connectivity index (χ2v) is 6.05. The number of methoxy groups -OCH3 is 2. The molecule has 0 fully saturated rings. The standard InChI is InChI=1S/C22H20N2O2/c1-25-19-13-12-16(14-20(19)26-2)22-23-18-11-7-6-10-17(18)21(24-22)15-8-4-3-5-9-15/h3-14,22-23H,1-2H3. The summed E-state index contributed by atoms with van der Waals surface area (Å²) in [6, 6.07) is 24.4. The number of ether oxygens (including phenoxy) is 2. The Morgan fingerprint density at radius 2 is 1.54 bits per heavy atom. The number of benzene rings is 3. The third-order valence-corrected chi connectivity index (χ3v) is 4.50. The number of hydrogen-bond donors (Lipinski definition) is 1. The summed E-state index contributed by atoms with van der Waals surface area (Å²) in [7, 11) is 3.28. The van der Waals surface area contributed by atoms with Gasteiger partial charge in [0.2, 0.25) is 0 Å². The number of nitrogens with one attached hydrogen (secondary N) is 1. The molecule has 4 rings (SSSR count). The third kappa shape index (κ3) is 2.90. The van der Waals surface area contributed by atoms with Gasteiger partial charge in [-0.25, -0.2) is 0 Å². The van der Waals surface area contributed by atoms with Gasteiger partial charge < -0.3 is 14.8 Å². The average Bonchev–Trinajstić information content (AvgIpc) is 2.73. The number of fused-ring (bicyclic) bond motifs is 1. The van der Waals surface area contributed by atoms with Crippen LogP contribution in [-0.4, -0.2) is 19.9 Å². The van der Waals surface area contributed by atoms with Gasteiger partial charge in [-0.3, -0.25) is 4.99 Å². The van der Waals surface area contributed by atoms with Crippen LogP contribution < -0.4 is 14.8 Å². The van der Waals surface area contributed by atoms with Gasteiger partial charge in [-0.15, -0.1) is 0 Å². The lowest BCUT2D eigenvalue weighted by atomic mass is 9.97. The van der Waals surface area contributed by atoms with E-state index in [4.69, 9.17) is 14.5 Å². The third-order valence-electron chi connectivity index (χ3n) is 4.50.